The van der Waals surface area contributed by atoms with Gasteiger partial charge in [-0.05, 0) is 0 Å². The molecule has 1 atom stereocenters. The normalized spacial score (nSPS) is 19.9. The van der Waals surface area contributed by atoms with E-state index < -0.39 is 0 Å². The van der Waals surface area contributed by atoms with Crippen LogP contribution in [0.3, 0.4) is 0 Å². The SMILES string of the molecule is C[As]C1CCN(c2ccnc(NCCCO)c2)C1. The first-order chi connectivity index (χ1) is 8.83. The summed E-state index contributed by atoms with van der Waals surface area (Å²) in [6.07, 6.45) is 3.97. The van der Waals surface area contributed by atoms with Gasteiger partial charge in [0.1, 0.15) is 0 Å². The van der Waals surface area contributed by atoms with E-state index in [4.69, 9.17) is 5.11 Å². The van der Waals surface area contributed by atoms with Crippen molar-refractivity contribution in [3.63, 3.8) is 0 Å². The predicted octanol–water partition coefficient (Wildman–Crippen LogP) is 1.63. The fourth-order valence-corrected chi connectivity index (χ4v) is 3.74. The van der Waals surface area contributed by atoms with Crippen molar-refractivity contribution in [2.75, 3.05) is 36.5 Å². The summed E-state index contributed by atoms with van der Waals surface area (Å²) < 4.78 is 0.931. The zero-order chi connectivity index (χ0) is 12.8. The van der Waals surface area contributed by atoms with Crippen LogP contribution in [0.1, 0.15) is 12.8 Å². The van der Waals surface area contributed by atoms with Gasteiger partial charge in [-0.3, -0.25) is 0 Å². The first-order valence-electron chi connectivity index (χ1n) is 6.48. The molecule has 1 radical (unpaired) electrons. The summed E-state index contributed by atoms with van der Waals surface area (Å²) in [5, 5.41) is 12.0. The Morgan fingerprint density at radius 2 is 2.50 bits per heavy atom. The molecule has 2 N–H and O–H groups in total. The summed E-state index contributed by atoms with van der Waals surface area (Å²) in [4.78, 5) is 6.77. The Labute approximate surface area is 115 Å². The van der Waals surface area contributed by atoms with E-state index in [0.717, 1.165) is 23.5 Å². The number of nitrogens with zero attached hydrogens (tertiary/aromatic N) is 2. The van der Waals surface area contributed by atoms with Gasteiger partial charge in [0.2, 0.25) is 0 Å². The van der Waals surface area contributed by atoms with Crippen molar-refractivity contribution < 1.29 is 5.11 Å². The Morgan fingerprint density at radius 1 is 1.61 bits per heavy atom. The molecule has 18 heavy (non-hydrogen) atoms. The molecule has 1 unspecified atom stereocenters. The van der Waals surface area contributed by atoms with Gasteiger partial charge in [-0.25, -0.2) is 0 Å². The van der Waals surface area contributed by atoms with Gasteiger partial charge in [0.15, 0.2) is 0 Å². The molecule has 4 nitrogen and oxygen atoms in total. The number of hydrogen-bond acceptors (Lipinski definition) is 4. The quantitative estimate of drug-likeness (QED) is 0.619. The molecule has 2 heterocycles. The molecule has 0 spiro atoms. The van der Waals surface area contributed by atoms with Crippen LogP contribution in [0.5, 0.6) is 0 Å². The van der Waals surface area contributed by atoms with Gasteiger partial charge < -0.3 is 0 Å². The number of hydrogen-bond donors (Lipinski definition) is 2. The summed E-state index contributed by atoms with van der Waals surface area (Å²) in [7, 11) is 0. The van der Waals surface area contributed by atoms with E-state index in [9.17, 15) is 0 Å². The third-order valence-corrected chi connectivity index (χ3v) is 5.69. The minimum atomic E-state index is 0.222. The number of nitrogens with one attached hydrogen (secondary N) is 1. The second-order valence-electron chi connectivity index (χ2n) is 4.55. The fraction of sp³-hybridized carbons (Fsp3) is 0.615. The number of anilines is 2. The van der Waals surface area contributed by atoms with Crippen LogP contribution < -0.4 is 10.2 Å². The van der Waals surface area contributed by atoms with Crippen molar-refractivity contribution >= 4 is 27.3 Å². The molecule has 1 saturated heterocycles. The molecule has 2 rings (SSSR count). The summed E-state index contributed by atoms with van der Waals surface area (Å²) in [5.74, 6) is 0.911. The molecule has 5 heteroatoms. The Balaban J connectivity index is 1.94. The van der Waals surface area contributed by atoms with Crippen LogP contribution in [-0.4, -0.2) is 52.1 Å². The van der Waals surface area contributed by atoms with Gasteiger partial charge in [-0.15, -0.1) is 0 Å². The molecule has 1 aromatic heterocycles. The minimum absolute atomic E-state index is 0.222. The van der Waals surface area contributed by atoms with Crippen LogP contribution in [0.4, 0.5) is 11.5 Å². The molecule has 0 amide bonds. The zero-order valence-corrected chi connectivity index (χ0v) is 12.7. The van der Waals surface area contributed by atoms with Crippen LogP contribution in [0.25, 0.3) is 0 Å². The van der Waals surface area contributed by atoms with Crippen molar-refractivity contribution in [3.05, 3.63) is 18.3 Å². The van der Waals surface area contributed by atoms with Crippen LogP contribution in [0, 0.1) is 0 Å². The van der Waals surface area contributed by atoms with Crippen LogP contribution in [0.2, 0.25) is 10.4 Å². The van der Waals surface area contributed by atoms with Crippen molar-refractivity contribution in [1.29, 1.82) is 0 Å². The van der Waals surface area contributed by atoms with Gasteiger partial charge in [0, 0.05) is 0 Å². The van der Waals surface area contributed by atoms with Crippen molar-refractivity contribution in [3.8, 4) is 0 Å². The maximum absolute atomic E-state index is 8.76. The maximum atomic E-state index is 8.76. The van der Waals surface area contributed by atoms with Crippen LogP contribution >= 0.6 is 0 Å². The Morgan fingerprint density at radius 3 is 3.22 bits per heavy atom. The van der Waals surface area contributed by atoms with Crippen LogP contribution in [-0.2, 0) is 0 Å². The van der Waals surface area contributed by atoms with E-state index in [-0.39, 0.29) is 6.61 Å². The molecule has 0 saturated carbocycles. The third kappa shape index (κ3) is 3.63. The Bertz CT molecular complexity index is 375. The standard InChI is InChI=1S/C13H21AsN3O/c1-14-11-4-7-17(10-11)12-3-6-16-13(9-12)15-5-2-8-18/h3,6,9,11,18H,2,4-5,7-8,10H2,1H3,(H,15,16). The number of rotatable bonds is 6. The molecule has 0 bridgehead atoms. The van der Waals surface area contributed by atoms with Gasteiger partial charge in [-0.2, -0.15) is 0 Å². The first kappa shape index (κ1) is 13.7. The molecular formula is C13H21AsN3O. The average molecular weight is 310 g/mol. The molecule has 0 aliphatic carbocycles. The molecule has 1 aromatic rings. The first-order valence-corrected chi connectivity index (χ1v) is 9.44. The molecular weight excluding hydrogens is 289 g/mol. The zero-order valence-electron chi connectivity index (χ0n) is 10.8. The Kier molecular flexibility index (Phi) is 5.33. The fourth-order valence-electron chi connectivity index (χ4n) is 2.20. The van der Waals surface area contributed by atoms with Gasteiger partial charge in [0.05, 0.1) is 0 Å². The second-order valence-corrected chi connectivity index (χ2v) is 7.17. The number of aliphatic hydroxyl groups excluding tert-OH is 1. The van der Waals surface area contributed by atoms with E-state index >= 15 is 0 Å². The monoisotopic (exact) mass is 310 g/mol. The summed E-state index contributed by atoms with van der Waals surface area (Å²) in [5.41, 5.74) is 3.63. The van der Waals surface area contributed by atoms with Crippen LogP contribution in [0.15, 0.2) is 18.3 Å². The summed E-state index contributed by atoms with van der Waals surface area (Å²) >= 11 is 0.497. The number of aliphatic hydroxyl groups is 1. The number of aromatic nitrogens is 1. The molecule has 1 aliphatic rings. The van der Waals surface area contributed by atoms with E-state index in [1.54, 1.807) is 0 Å². The molecule has 0 aromatic carbocycles. The van der Waals surface area contributed by atoms with Crippen molar-refractivity contribution in [2.45, 2.75) is 23.3 Å². The third-order valence-electron chi connectivity index (χ3n) is 3.28. The van der Waals surface area contributed by atoms with E-state index in [0.29, 0.717) is 15.8 Å². The topological polar surface area (TPSA) is 48.4 Å². The van der Waals surface area contributed by atoms with E-state index in [2.05, 4.69) is 33.0 Å². The van der Waals surface area contributed by atoms with E-state index in [1.807, 2.05) is 6.20 Å². The van der Waals surface area contributed by atoms with Gasteiger partial charge in [-0.1, -0.05) is 0 Å². The second kappa shape index (κ2) is 7.00. The van der Waals surface area contributed by atoms with Gasteiger partial charge >= 0.3 is 115 Å². The van der Waals surface area contributed by atoms with E-state index in [1.165, 1.54) is 25.2 Å². The average Bonchev–Trinajstić information content (AvgIpc) is 2.88. The molecule has 99 valence electrons. The summed E-state index contributed by atoms with van der Waals surface area (Å²) in [6.45, 7) is 3.38. The van der Waals surface area contributed by atoms with Crippen molar-refractivity contribution in [1.82, 2.24) is 4.98 Å². The van der Waals surface area contributed by atoms with Gasteiger partial charge in [0.25, 0.3) is 0 Å². The predicted molar refractivity (Wildman–Crippen MR) is 76.6 cm³/mol. The summed E-state index contributed by atoms with van der Waals surface area (Å²) in [6, 6.07) is 4.21. The Hall–Kier alpha value is -0.732. The number of pyridine rings is 1. The van der Waals surface area contributed by atoms with Crippen molar-refractivity contribution in [2.24, 2.45) is 0 Å². The molecule has 1 aliphatic heterocycles. The molecule has 1 fully saturated rings.